The van der Waals surface area contributed by atoms with Crippen LogP contribution in [0.3, 0.4) is 0 Å². The first-order valence-electron chi connectivity index (χ1n) is 6.61. The Hall–Kier alpha value is -2.24. The minimum absolute atomic E-state index is 0.130. The second-order valence-electron chi connectivity index (χ2n) is 5.11. The molecule has 0 N–H and O–H groups in total. The van der Waals surface area contributed by atoms with Crippen molar-refractivity contribution in [3.8, 4) is 0 Å². The van der Waals surface area contributed by atoms with Gasteiger partial charge in [-0.15, -0.1) is 10.2 Å². The molecule has 2 atom stereocenters. The second kappa shape index (κ2) is 5.03. The van der Waals surface area contributed by atoms with E-state index < -0.39 is 0 Å². The number of carbonyl (C=O) groups is 1. The van der Waals surface area contributed by atoms with E-state index in [0.29, 0.717) is 12.5 Å². The summed E-state index contributed by atoms with van der Waals surface area (Å²) in [5.41, 5.74) is 1.58. The van der Waals surface area contributed by atoms with Crippen LogP contribution in [0, 0.1) is 11.8 Å². The van der Waals surface area contributed by atoms with E-state index in [1.807, 2.05) is 36.1 Å². The maximum Gasteiger partial charge on any atom is 0.310 e. The van der Waals surface area contributed by atoms with E-state index in [9.17, 15) is 4.79 Å². The van der Waals surface area contributed by atoms with Crippen molar-refractivity contribution < 1.29 is 9.53 Å². The molecule has 3 rings (SSSR count). The van der Waals surface area contributed by atoms with E-state index in [1.54, 1.807) is 0 Å². The highest BCUT2D eigenvalue weighted by Crippen LogP contribution is 2.27. The van der Waals surface area contributed by atoms with Gasteiger partial charge >= 0.3 is 5.97 Å². The van der Waals surface area contributed by atoms with Gasteiger partial charge in [0.2, 0.25) is 5.95 Å². The number of hydrogen-bond acceptors (Lipinski definition) is 6. The smallest absolute Gasteiger partial charge is 0.310 e. The minimum atomic E-state index is -0.172. The van der Waals surface area contributed by atoms with Gasteiger partial charge in [-0.2, -0.15) is 0 Å². The SMILES string of the molecule is COC(=O)C1CN(c2nnc3ccccc3n2)CC1C. The number of fused-ring (bicyclic) bond motifs is 1. The lowest BCUT2D eigenvalue weighted by Crippen LogP contribution is -2.25. The highest BCUT2D eigenvalue weighted by Gasteiger charge is 2.36. The summed E-state index contributed by atoms with van der Waals surface area (Å²) in [5.74, 6) is 0.489. The number of carbonyl (C=O) groups excluding carboxylic acids is 1. The van der Waals surface area contributed by atoms with E-state index in [-0.39, 0.29) is 17.8 Å². The molecule has 6 nitrogen and oxygen atoms in total. The molecule has 0 bridgehead atoms. The molecular formula is C14H16N4O2. The van der Waals surface area contributed by atoms with Gasteiger partial charge < -0.3 is 9.64 Å². The van der Waals surface area contributed by atoms with E-state index in [1.165, 1.54) is 7.11 Å². The summed E-state index contributed by atoms with van der Waals surface area (Å²) in [4.78, 5) is 18.2. The van der Waals surface area contributed by atoms with Gasteiger partial charge in [0, 0.05) is 13.1 Å². The first kappa shape index (κ1) is 12.8. The summed E-state index contributed by atoms with van der Waals surface area (Å²) in [5, 5.41) is 8.33. The molecule has 1 aliphatic rings. The Morgan fingerprint density at radius 2 is 2.00 bits per heavy atom. The molecule has 0 spiro atoms. The van der Waals surface area contributed by atoms with Crippen LogP contribution in [0.1, 0.15) is 6.92 Å². The Bertz CT molecular complexity index is 646. The third-order valence-corrected chi connectivity index (χ3v) is 3.75. The summed E-state index contributed by atoms with van der Waals surface area (Å²) in [6.45, 7) is 3.35. The van der Waals surface area contributed by atoms with E-state index in [2.05, 4.69) is 15.2 Å². The molecule has 1 aliphatic heterocycles. The van der Waals surface area contributed by atoms with Crippen molar-refractivity contribution >= 4 is 23.0 Å². The highest BCUT2D eigenvalue weighted by atomic mass is 16.5. The van der Waals surface area contributed by atoms with Gasteiger partial charge in [-0.1, -0.05) is 19.1 Å². The van der Waals surface area contributed by atoms with Crippen molar-refractivity contribution in [2.75, 3.05) is 25.1 Å². The van der Waals surface area contributed by atoms with Crippen molar-refractivity contribution in [2.45, 2.75) is 6.92 Å². The van der Waals surface area contributed by atoms with Crippen molar-refractivity contribution in [2.24, 2.45) is 11.8 Å². The van der Waals surface area contributed by atoms with Gasteiger partial charge in [0.15, 0.2) is 0 Å². The second-order valence-corrected chi connectivity index (χ2v) is 5.11. The Balaban J connectivity index is 1.87. The molecule has 2 unspecified atom stereocenters. The van der Waals surface area contributed by atoms with E-state index in [4.69, 9.17) is 4.74 Å². The lowest BCUT2D eigenvalue weighted by Gasteiger charge is -2.15. The first-order valence-corrected chi connectivity index (χ1v) is 6.61. The number of anilines is 1. The molecule has 0 radical (unpaired) electrons. The van der Waals surface area contributed by atoms with Crippen LogP contribution in [-0.4, -0.2) is 41.3 Å². The van der Waals surface area contributed by atoms with Crippen LogP contribution in [0.25, 0.3) is 11.0 Å². The van der Waals surface area contributed by atoms with Crippen molar-refractivity contribution in [1.82, 2.24) is 15.2 Å². The standard InChI is InChI=1S/C14H16N4O2/c1-9-7-18(8-10(9)13(19)20-2)14-15-11-5-3-4-6-12(11)16-17-14/h3-6,9-10H,7-8H2,1-2H3. The Morgan fingerprint density at radius 3 is 2.75 bits per heavy atom. The maximum absolute atomic E-state index is 11.7. The number of aromatic nitrogens is 3. The fraction of sp³-hybridized carbons (Fsp3) is 0.429. The van der Waals surface area contributed by atoms with Crippen molar-refractivity contribution in [1.29, 1.82) is 0 Å². The zero-order chi connectivity index (χ0) is 14.1. The molecule has 2 aromatic rings. The van der Waals surface area contributed by atoms with Gasteiger partial charge in [-0.05, 0) is 18.1 Å². The van der Waals surface area contributed by atoms with Crippen LogP contribution in [0.15, 0.2) is 24.3 Å². The predicted molar refractivity (Wildman–Crippen MR) is 74.2 cm³/mol. The molecule has 20 heavy (non-hydrogen) atoms. The van der Waals surface area contributed by atoms with Crippen LogP contribution >= 0.6 is 0 Å². The summed E-state index contributed by atoms with van der Waals surface area (Å²) in [7, 11) is 1.42. The van der Waals surface area contributed by atoms with Crippen LogP contribution < -0.4 is 4.90 Å². The average molecular weight is 272 g/mol. The number of para-hydroxylation sites is 1. The molecule has 104 valence electrons. The van der Waals surface area contributed by atoms with Crippen LogP contribution in [0.5, 0.6) is 0 Å². The molecule has 2 heterocycles. The fourth-order valence-electron chi connectivity index (χ4n) is 2.59. The Morgan fingerprint density at radius 1 is 1.25 bits per heavy atom. The molecule has 0 amide bonds. The molecule has 1 fully saturated rings. The monoisotopic (exact) mass is 272 g/mol. The molecule has 1 aromatic carbocycles. The zero-order valence-corrected chi connectivity index (χ0v) is 11.5. The summed E-state index contributed by atoms with van der Waals surface area (Å²) < 4.78 is 4.84. The van der Waals surface area contributed by atoms with E-state index >= 15 is 0 Å². The van der Waals surface area contributed by atoms with Gasteiger partial charge in [0.05, 0.1) is 18.5 Å². The number of benzene rings is 1. The molecule has 0 aliphatic carbocycles. The van der Waals surface area contributed by atoms with Gasteiger partial charge in [0.1, 0.15) is 5.52 Å². The van der Waals surface area contributed by atoms with Crippen molar-refractivity contribution in [3.05, 3.63) is 24.3 Å². The minimum Gasteiger partial charge on any atom is -0.469 e. The number of methoxy groups -OCH3 is 1. The zero-order valence-electron chi connectivity index (χ0n) is 11.5. The topological polar surface area (TPSA) is 68.2 Å². The molecular weight excluding hydrogens is 256 g/mol. The Labute approximate surface area is 116 Å². The molecule has 0 saturated carbocycles. The summed E-state index contributed by atoms with van der Waals surface area (Å²) in [6, 6.07) is 7.61. The number of esters is 1. The fourth-order valence-corrected chi connectivity index (χ4v) is 2.59. The molecule has 1 aromatic heterocycles. The molecule has 6 heteroatoms. The number of ether oxygens (including phenoxy) is 1. The van der Waals surface area contributed by atoms with Crippen LogP contribution in [0.4, 0.5) is 5.95 Å². The average Bonchev–Trinajstić information content (AvgIpc) is 2.88. The largest absolute Gasteiger partial charge is 0.469 e. The predicted octanol–water partition coefficient (Wildman–Crippen LogP) is 1.27. The lowest BCUT2D eigenvalue weighted by atomic mass is 9.99. The quantitative estimate of drug-likeness (QED) is 0.767. The summed E-state index contributed by atoms with van der Waals surface area (Å²) in [6.07, 6.45) is 0. The number of hydrogen-bond donors (Lipinski definition) is 0. The summed E-state index contributed by atoms with van der Waals surface area (Å²) >= 11 is 0. The first-order chi connectivity index (χ1) is 9.69. The van der Waals surface area contributed by atoms with Gasteiger partial charge in [-0.3, -0.25) is 4.79 Å². The lowest BCUT2D eigenvalue weighted by molar-refractivity contribution is -0.145. The third kappa shape index (κ3) is 2.17. The Kier molecular flexibility index (Phi) is 3.22. The number of rotatable bonds is 2. The van der Waals surface area contributed by atoms with Crippen LogP contribution in [-0.2, 0) is 9.53 Å². The number of nitrogens with zero attached hydrogens (tertiary/aromatic N) is 4. The maximum atomic E-state index is 11.7. The molecule has 1 saturated heterocycles. The van der Waals surface area contributed by atoms with Gasteiger partial charge in [-0.25, -0.2) is 4.98 Å². The van der Waals surface area contributed by atoms with E-state index in [0.717, 1.165) is 17.6 Å². The van der Waals surface area contributed by atoms with Gasteiger partial charge in [0.25, 0.3) is 0 Å². The highest BCUT2D eigenvalue weighted by molar-refractivity contribution is 5.76. The third-order valence-electron chi connectivity index (χ3n) is 3.75. The normalized spacial score (nSPS) is 22.2. The van der Waals surface area contributed by atoms with Crippen molar-refractivity contribution in [3.63, 3.8) is 0 Å². The van der Waals surface area contributed by atoms with Crippen LogP contribution in [0.2, 0.25) is 0 Å².